The van der Waals surface area contributed by atoms with Crippen molar-refractivity contribution in [3.8, 4) is 50.6 Å². The van der Waals surface area contributed by atoms with Gasteiger partial charge >= 0.3 is 0 Å². The highest BCUT2D eigenvalue weighted by Gasteiger charge is 2.19. The molecule has 0 atom stereocenters. The third-order valence-electron chi connectivity index (χ3n) is 8.98. The van der Waals surface area contributed by atoms with E-state index in [1.807, 2.05) is 47.7 Å². The second-order valence-corrected chi connectivity index (χ2v) is 12.6. The zero-order valence-electron chi connectivity index (χ0n) is 24.7. The lowest BCUT2D eigenvalue weighted by atomic mass is 9.85. The van der Waals surface area contributed by atoms with Crippen LogP contribution in [0.5, 0.6) is 0 Å². The highest BCUT2D eigenvalue weighted by Crippen LogP contribution is 2.46. The molecule has 0 spiro atoms. The summed E-state index contributed by atoms with van der Waals surface area (Å²) in [7, 11) is 0. The summed E-state index contributed by atoms with van der Waals surface area (Å²) in [5.74, 6) is 0. The second kappa shape index (κ2) is 10.6. The Morgan fingerprint density at radius 1 is 0.435 bits per heavy atom. The van der Waals surface area contributed by atoms with Gasteiger partial charge in [-0.1, -0.05) is 109 Å². The molecule has 0 N–H and O–H groups in total. The molecular formula is C43H25NOS. The molecule has 2 heterocycles. The Kier molecular flexibility index (Phi) is 6.09. The molecule has 2 nitrogen and oxygen atoms in total. The van der Waals surface area contributed by atoms with Crippen LogP contribution in [0.4, 0.5) is 0 Å². The van der Waals surface area contributed by atoms with Gasteiger partial charge in [0.15, 0.2) is 0 Å². The molecule has 46 heavy (non-hydrogen) atoms. The Hall–Kier alpha value is -5.95. The van der Waals surface area contributed by atoms with Gasteiger partial charge in [-0.05, 0) is 81.4 Å². The SMILES string of the molecule is N#Cc1ccccc1-c1ccccc1-c1cc(-c2ccc3oc4ccccc4c3c2)ccc1-c1cccc2sc3ccccc3c12. The van der Waals surface area contributed by atoms with E-state index >= 15 is 0 Å². The first-order valence-corrected chi connectivity index (χ1v) is 16.1. The molecule has 2 aromatic heterocycles. The van der Waals surface area contributed by atoms with E-state index in [9.17, 15) is 5.26 Å². The van der Waals surface area contributed by atoms with E-state index < -0.39 is 0 Å². The van der Waals surface area contributed by atoms with E-state index in [1.165, 1.54) is 25.7 Å². The maximum atomic E-state index is 10.0. The predicted octanol–water partition coefficient (Wildman–Crippen LogP) is 12.5. The molecule has 0 aliphatic carbocycles. The molecular weight excluding hydrogens is 579 g/mol. The third kappa shape index (κ3) is 4.16. The summed E-state index contributed by atoms with van der Waals surface area (Å²) in [6.45, 7) is 0. The molecule has 9 rings (SSSR count). The van der Waals surface area contributed by atoms with E-state index in [-0.39, 0.29) is 0 Å². The number of hydrogen-bond acceptors (Lipinski definition) is 3. The fourth-order valence-corrected chi connectivity index (χ4v) is 7.99. The minimum Gasteiger partial charge on any atom is -0.456 e. The second-order valence-electron chi connectivity index (χ2n) is 11.5. The highest BCUT2D eigenvalue weighted by atomic mass is 32.1. The molecule has 0 saturated heterocycles. The number of thiophene rings is 1. The van der Waals surface area contributed by atoms with Crippen LogP contribution < -0.4 is 0 Å². The van der Waals surface area contributed by atoms with Crippen molar-refractivity contribution in [3.05, 3.63) is 157 Å². The van der Waals surface area contributed by atoms with E-state index in [4.69, 9.17) is 4.42 Å². The minimum atomic E-state index is 0.663. The Morgan fingerprint density at radius 3 is 1.91 bits per heavy atom. The van der Waals surface area contributed by atoms with Crippen molar-refractivity contribution in [2.24, 2.45) is 0 Å². The molecule has 0 saturated carbocycles. The van der Waals surface area contributed by atoms with Crippen molar-refractivity contribution in [1.29, 1.82) is 5.26 Å². The van der Waals surface area contributed by atoms with Crippen LogP contribution in [0.1, 0.15) is 5.56 Å². The van der Waals surface area contributed by atoms with Crippen molar-refractivity contribution in [2.75, 3.05) is 0 Å². The standard InChI is InChI=1S/C43H25NOS/c44-26-29-10-1-2-11-30(29)31-12-3-4-13-32(31)37-24-27(28-21-23-40-38(25-28)34-14-5-7-17-39(34)45-40)20-22-33(37)35-16-9-19-42-43(35)36-15-6-8-18-41(36)46-42/h1-25H. The van der Waals surface area contributed by atoms with Crippen molar-refractivity contribution in [3.63, 3.8) is 0 Å². The van der Waals surface area contributed by atoms with Gasteiger partial charge in [-0.2, -0.15) is 5.26 Å². The molecule has 7 aromatic carbocycles. The Balaban J connectivity index is 1.34. The average molecular weight is 604 g/mol. The van der Waals surface area contributed by atoms with Crippen LogP contribution >= 0.6 is 11.3 Å². The zero-order chi connectivity index (χ0) is 30.6. The monoisotopic (exact) mass is 603 g/mol. The lowest BCUT2D eigenvalue weighted by Crippen LogP contribution is -1.92. The van der Waals surface area contributed by atoms with Crippen LogP contribution in [-0.2, 0) is 0 Å². The summed E-state index contributed by atoms with van der Waals surface area (Å²) in [6.07, 6.45) is 0. The number of furan rings is 1. The van der Waals surface area contributed by atoms with Crippen molar-refractivity contribution in [1.82, 2.24) is 0 Å². The lowest BCUT2D eigenvalue weighted by molar-refractivity contribution is 0.669. The van der Waals surface area contributed by atoms with E-state index in [1.54, 1.807) is 0 Å². The molecule has 0 unspecified atom stereocenters. The van der Waals surface area contributed by atoms with Gasteiger partial charge in [-0.15, -0.1) is 11.3 Å². The lowest BCUT2D eigenvalue weighted by Gasteiger charge is -2.18. The molecule has 0 bridgehead atoms. The van der Waals surface area contributed by atoms with Gasteiger partial charge in [0, 0.05) is 36.5 Å². The quantitative estimate of drug-likeness (QED) is 0.201. The van der Waals surface area contributed by atoms with Gasteiger partial charge in [0.25, 0.3) is 0 Å². The smallest absolute Gasteiger partial charge is 0.135 e. The van der Waals surface area contributed by atoms with Gasteiger partial charge in [0.05, 0.1) is 11.6 Å². The largest absolute Gasteiger partial charge is 0.456 e. The average Bonchev–Trinajstić information content (AvgIpc) is 3.69. The molecule has 0 radical (unpaired) electrons. The summed E-state index contributed by atoms with van der Waals surface area (Å²) < 4.78 is 8.70. The number of benzene rings is 7. The Bertz CT molecular complexity index is 2670. The van der Waals surface area contributed by atoms with Gasteiger partial charge in [0.2, 0.25) is 0 Å². The van der Waals surface area contributed by atoms with Gasteiger partial charge < -0.3 is 4.42 Å². The highest BCUT2D eigenvalue weighted by molar-refractivity contribution is 7.25. The summed E-state index contributed by atoms with van der Waals surface area (Å²) in [5, 5.41) is 14.8. The first-order chi connectivity index (χ1) is 22.8. The summed E-state index contributed by atoms with van der Waals surface area (Å²) >= 11 is 1.84. The molecule has 0 amide bonds. The summed E-state index contributed by atoms with van der Waals surface area (Å²) in [5.41, 5.74) is 11.2. The van der Waals surface area contributed by atoms with Crippen LogP contribution in [0.15, 0.2) is 156 Å². The van der Waals surface area contributed by atoms with Crippen molar-refractivity contribution < 1.29 is 4.42 Å². The topological polar surface area (TPSA) is 36.9 Å². The van der Waals surface area contributed by atoms with E-state index in [0.717, 1.165) is 60.9 Å². The fraction of sp³-hybridized carbons (Fsp3) is 0. The van der Waals surface area contributed by atoms with Gasteiger partial charge in [-0.25, -0.2) is 0 Å². The number of nitrogens with zero attached hydrogens (tertiary/aromatic N) is 1. The van der Waals surface area contributed by atoms with Crippen LogP contribution in [0.3, 0.4) is 0 Å². The van der Waals surface area contributed by atoms with Crippen molar-refractivity contribution in [2.45, 2.75) is 0 Å². The first kappa shape index (κ1) is 26.5. The molecule has 0 fully saturated rings. The normalized spacial score (nSPS) is 11.5. The third-order valence-corrected chi connectivity index (χ3v) is 10.1. The molecule has 3 heteroatoms. The fourth-order valence-electron chi connectivity index (χ4n) is 6.85. The minimum absolute atomic E-state index is 0.663. The van der Waals surface area contributed by atoms with E-state index in [2.05, 4.69) is 121 Å². The van der Waals surface area contributed by atoms with Gasteiger partial charge in [0.1, 0.15) is 11.2 Å². The number of rotatable bonds is 4. The maximum absolute atomic E-state index is 10.0. The van der Waals surface area contributed by atoms with Crippen molar-refractivity contribution >= 4 is 53.4 Å². The summed E-state index contributed by atoms with van der Waals surface area (Å²) in [6, 6.07) is 55.6. The maximum Gasteiger partial charge on any atom is 0.135 e. The Morgan fingerprint density at radius 2 is 1.04 bits per heavy atom. The molecule has 9 aromatic rings. The number of hydrogen-bond donors (Lipinski definition) is 0. The van der Waals surface area contributed by atoms with E-state index in [0.29, 0.717) is 5.56 Å². The molecule has 214 valence electrons. The van der Waals surface area contributed by atoms with Crippen LogP contribution in [0.25, 0.3) is 86.6 Å². The van der Waals surface area contributed by atoms with Crippen LogP contribution in [0.2, 0.25) is 0 Å². The number of para-hydroxylation sites is 1. The van der Waals surface area contributed by atoms with Crippen LogP contribution in [-0.4, -0.2) is 0 Å². The predicted molar refractivity (Wildman–Crippen MR) is 193 cm³/mol. The van der Waals surface area contributed by atoms with Crippen LogP contribution in [0, 0.1) is 11.3 Å². The molecule has 0 aliphatic heterocycles. The van der Waals surface area contributed by atoms with Gasteiger partial charge in [-0.3, -0.25) is 0 Å². The zero-order valence-corrected chi connectivity index (χ0v) is 25.5. The number of nitriles is 1. The first-order valence-electron chi connectivity index (χ1n) is 15.3. The Labute approximate surface area is 270 Å². The summed E-state index contributed by atoms with van der Waals surface area (Å²) in [4.78, 5) is 0. The molecule has 0 aliphatic rings. The number of fused-ring (bicyclic) bond motifs is 6.